The van der Waals surface area contributed by atoms with Crippen LogP contribution in [0.2, 0.25) is 0 Å². The molecule has 0 radical (unpaired) electrons. The summed E-state index contributed by atoms with van der Waals surface area (Å²) in [7, 11) is -3.74. The minimum Gasteiger partial charge on any atom is -0.391 e. The van der Waals surface area contributed by atoms with Crippen molar-refractivity contribution in [2.24, 2.45) is 5.14 Å². The molecule has 1 aromatic heterocycles. The molecule has 0 bridgehead atoms. The molecule has 1 aliphatic carbocycles. The normalized spacial score (nSPS) is 25.9. The van der Waals surface area contributed by atoms with Gasteiger partial charge in [-0.25, -0.2) is 13.6 Å². The third-order valence-electron chi connectivity index (χ3n) is 3.56. The molecule has 6 nitrogen and oxygen atoms in total. The zero-order valence-electron chi connectivity index (χ0n) is 10.4. The van der Waals surface area contributed by atoms with E-state index >= 15 is 0 Å². The summed E-state index contributed by atoms with van der Waals surface area (Å²) in [5.74, 6) is 0. The van der Waals surface area contributed by atoms with Gasteiger partial charge in [-0.2, -0.15) is 5.10 Å². The third-order valence-corrected chi connectivity index (χ3v) is 4.58. The smallest absolute Gasteiger partial charge is 0.241 e. The molecule has 0 spiro atoms. The minimum atomic E-state index is -3.74. The number of nitrogens with zero attached hydrogens (tertiary/aromatic N) is 2. The van der Waals surface area contributed by atoms with E-state index in [4.69, 9.17) is 5.14 Å². The number of nitrogens with two attached hydrogens (primary N) is 1. The van der Waals surface area contributed by atoms with Crippen LogP contribution in [0.5, 0.6) is 0 Å². The predicted octanol–water partition coefficient (Wildman–Crippen LogP) is 0.705. The molecule has 1 heterocycles. The molecule has 1 aromatic rings. The summed E-state index contributed by atoms with van der Waals surface area (Å²) in [5.41, 5.74) is 0.503. The Hall–Kier alpha value is -0.920. The van der Waals surface area contributed by atoms with Crippen LogP contribution in [0.1, 0.15) is 43.8 Å². The van der Waals surface area contributed by atoms with Gasteiger partial charge >= 0.3 is 0 Å². The van der Waals surface area contributed by atoms with Gasteiger partial charge < -0.3 is 5.11 Å². The fourth-order valence-electron chi connectivity index (χ4n) is 2.58. The second kappa shape index (κ2) is 4.99. The highest BCUT2D eigenvalue weighted by Gasteiger charge is 2.27. The Morgan fingerprint density at radius 1 is 1.39 bits per heavy atom. The van der Waals surface area contributed by atoms with Crippen LogP contribution in [0.15, 0.2) is 11.1 Å². The van der Waals surface area contributed by atoms with Gasteiger partial charge in [0.25, 0.3) is 0 Å². The van der Waals surface area contributed by atoms with Crippen LogP contribution in [0.25, 0.3) is 0 Å². The molecule has 102 valence electrons. The number of rotatable bonds is 2. The summed E-state index contributed by atoms with van der Waals surface area (Å²) >= 11 is 0. The van der Waals surface area contributed by atoms with Crippen LogP contribution in [-0.2, 0) is 10.0 Å². The Morgan fingerprint density at radius 3 is 2.67 bits per heavy atom. The molecular formula is C11H19N3O3S. The number of aliphatic hydroxyl groups is 1. The van der Waals surface area contributed by atoms with Gasteiger partial charge in [0, 0.05) is 0 Å². The molecular weight excluding hydrogens is 254 g/mol. The molecule has 2 unspecified atom stereocenters. The largest absolute Gasteiger partial charge is 0.391 e. The first kappa shape index (κ1) is 13.5. The zero-order chi connectivity index (χ0) is 13.3. The second-order valence-electron chi connectivity index (χ2n) is 4.86. The van der Waals surface area contributed by atoms with Crippen molar-refractivity contribution in [3.63, 3.8) is 0 Å². The molecule has 0 aliphatic heterocycles. The standard InChI is InChI=1S/C11H19N3O3S/c1-8-11(18(12,16)17)7-13-14(8)9-5-3-2-4-6-10(9)15/h7,9-10,15H,2-6H2,1H3,(H2,12,16,17). The molecule has 18 heavy (non-hydrogen) atoms. The second-order valence-corrected chi connectivity index (χ2v) is 6.39. The van der Waals surface area contributed by atoms with E-state index < -0.39 is 16.1 Å². The number of sulfonamides is 1. The Balaban J connectivity index is 2.36. The van der Waals surface area contributed by atoms with Gasteiger partial charge in [0.2, 0.25) is 10.0 Å². The summed E-state index contributed by atoms with van der Waals surface area (Å²) in [6.45, 7) is 1.67. The molecule has 3 N–H and O–H groups in total. The van der Waals surface area contributed by atoms with Crippen molar-refractivity contribution in [2.45, 2.75) is 56.1 Å². The van der Waals surface area contributed by atoms with Crippen LogP contribution < -0.4 is 5.14 Å². The van der Waals surface area contributed by atoms with Crippen LogP contribution in [-0.4, -0.2) is 29.4 Å². The topological polar surface area (TPSA) is 98.2 Å². The molecule has 1 aliphatic rings. The lowest BCUT2D eigenvalue weighted by Crippen LogP contribution is -2.25. The summed E-state index contributed by atoms with van der Waals surface area (Å²) in [6.07, 6.45) is 5.45. The molecule has 0 saturated heterocycles. The Labute approximate surface area is 107 Å². The average Bonchev–Trinajstić information content (AvgIpc) is 2.52. The summed E-state index contributed by atoms with van der Waals surface area (Å²) in [6, 6.07) is -0.150. The summed E-state index contributed by atoms with van der Waals surface area (Å²) in [5, 5.41) is 19.3. The molecule has 7 heteroatoms. The van der Waals surface area contributed by atoms with Crippen molar-refractivity contribution in [2.75, 3.05) is 0 Å². The molecule has 1 saturated carbocycles. The van der Waals surface area contributed by atoms with Gasteiger partial charge in [0.15, 0.2) is 0 Å². The van der Waals surface area contributed by atoms with Gasteiger partial charge in [-0.3, -0.25) is 4.68 Å². The number of aromatic nitrogens is 2. The average molecular weight is 273 g/mol. The molecule has 1 fully saturated rings. The Morgan fingerprint density at radius 2 is 2.06 bits per heavy atom. The monoisotopic (exact) mass is 273 g/mol. The highest BCUT2D eigenvalue weighted by atomic mass is 32.2. The molecule has 2 rings (SSSR count). The van der Waals surface area contributed by atoms with E-state index in [1.807, 2.05) is 0 Å². The molecule has 2 atom stereocenters. The van der Waals surface area contributed by atoms with Crippen molar-refractivity contribution >= 4 is 10.0 Å². The lowest BCUT2D eigenvalue weighted by Gasteiger charge is -2.22. The highest BCUT2D eigenvalue weighted by molar-refractivity contribution is 7.89. The number of hydrogen-bond acceptors (Lipinski definition) is 4. The first-order chi connectivity index (χ1) is 8.41. The van der Waals surface area contributed by atoms with Gasteiger partial charge in [0.1, 0.15) is 4.90 Å². The van der Waals surface area contributed by atoms with Crippen molar-refractivity contribution in [1.29, 1.82) is 0 Å². The van der Waals surface area contributed by atoms with Crippen molar-refractivity contribution < 1.29 is 13.5 Å². The quantitative estimate of drug-likeness (QED) is 0.775. The number of aliphatic hydroxyl groups excluding tert-OH is 1. The molecule has 0 amide bonds. The maximum Gasteiger partial charge on any atom is 0.241 e. The maximum absolute atomic E-state index is 11.4. The minimum absolute atomic E-state index is 0.0407. The van der Waals surface area contributed by atoms with E-state index in [1.54, 1.807) is 11.6 Å². The van der Waals surface area contributed by atoms with E-state index in [0.717, 1.165) is 32.1 Å². The highest BCUT2D eigenvalue weighted by Crippen LogP contribution is 2.29. The van der Waals surface area contributed by atoms with E-state index in [-0.39, 0.29) is 10.9 Å². The van der Waals surface area contributed by atoms with Crippen molar-refractivity contribution in [1.82, 2.24) is 9.78 Å². The van der Waals surface area contributed by atoms with Crippen LogP contribution in [0, 0.1) is 6.92 Å². The summed E-state index contributed by atoms with van der Waals surface area (Å²) in [4.78, 5) is 0.0407. The fraction of sp³-hybridized carbons (Fsp3) is 0.727. The van der Waals surface area contributed by atoms with Gasteiger partial charge in [-0.05, 0) is 19.8 Å². The lowest BCUT2D eigenvalue weighted by molar-refractivity contribution is 0.0978. The van der Waals surface area contributed by atoms with Crippen LogP contribution in [0.3, 0.4) is 0 Å². The first-order valence-electron chi connectivity index (χ1n) is 6.16. The zero-order valence-corrected chi connectivity index (χ0v) is 11.2. The SMILES string of the molecule is Cc1c(S(N)(=O)=O)cnn1C1CCCCCC1O. The van der Waals surface area contributed by atoms with E-state index in [1.165, 1.54) is 6.20 Å². The van der Waals surface area contributed by atoms with Crippen molar-refractivity contribution in [3.8, 4) is 0 Å². The van der Waals surface area contributed by atoms with Crippen LogP contribution >= 0.6 is 0 Å². The van der Waals surface area contributed by atoms with Gasteiger partial charge in [0.05, 0.1) is 24.0 Å². The third kappa shape index (κ3) is 2.57. The summed E-state index contributed by atoms with van der Waals surface area (Å²) < 4.78 is 24.3. The van der Waals surface area contributed by atoms with Crippen LogP contribution in [0.4, 0.5) is 0 Å². The van der Waals surface area contributed by atoms with Gasteiger partial charge in [-0.15, -0.1) is 0 Å². The first-order valence-corrected chi connectivity index (χ1v) is 7.71. The van der Waals surface area contributed by atoms with Crippen molar-refractivity contribution in [3.05, 3.63) is 11.9 Å². The van der Waals surface area contributed by atoms with Gasteiger partial charge in [-0.1, -0.05) is 19.3 Å². The van der Waals surface area contributed by atoms with E-state index in [9.17, 15) is 13.5 Å². The predicted molar refractivity (Wildman–Crippen MR) is 66.5 cm³/mol. The van der Waals surface area contributed by atoms with E-state index in [0.29, 0.717) is 5.69 Å². The number of hydrogen-bond donors (Lipinski definition) is 2. The van der Waals surface area contributed by atoms with E-state index in [2.05, 4.69) is 5.10 Å². The molecule has 0 aromatic carbocycles. The number of primary sulfonamides is 1. The Bertz CT molecular complexity index is 524. The lowest BCUT2D eigenvalue weighted by atomic mass is 10.1. The maximum atomic E-state index is 11.4. The fourth-order valence-corrected chi connectivity index (χ4v) is 3.27. The Kier molecular flexibility index (Phi) is 3.74.